The highest BCUT2D eigenvalue weighted by molar-refractivity contribution is 5.94. The smallest absolute Gasteiger partial charge is 0.261 e. The molecule has 0 bridgehead atoms. The van der Waals surface area contributed by atoms with Gasteiger partial charge in [-0.25, -0.2) is 0 Å². The summed E-state index contributed by atoms with van der Waals surface area (Å²) in [5.74, 6) is 1.15. The molecular weight excluding hydrogens is 360 g/mol. The van der Waals surface area contributed by atoms with E-state index in [0.717, 1.165) is 36.7 Å². The molecular formula is C20H22N4O4. The number of hydrogen-bond donors (Lipinski definition) is 1. The van der Waals surface area contributed by atoms with Gasteiger partial charge in [0.25, 0.3) is 11.5 Å². The highest BCUT2D eigenvalue weighted by Gasteiger charge is 2.25. The molecule has 8 heteroatoms. The third-order valence-corrected chi connectivity index (χ3v) is 5.15. The molecule has 3 aromatic heterocycles. The minimum absolute atomic E-state index is 0.148. The lowest BCUT2D eigenvalue weighted by atomic mass is 10.1. The second kappa shape index (κ2) is 7.47. The van der Waals surface area contributed by atoms with Crippen LogP contribution in [0.3, 0.4) is 0 Å². The number of nitrogens with zero attached hydrogens (tertiary/aromatic N) is 3. The first kappa shape index (κ1) is 18.2. The van der Waals surface area contributed by atoms with Gasteiger partial charge in [-0.3, -0.25) is 14.5 Å². The molecule has 0 aromatic carbocycles. The van der Waals surface area contributed by atoms with Gasteiger partial charge in [0, 0.05) is 38.3 Å². The third kappa shape index (κ3) is 3.50. The number of hydrogen-bond acceptors (Lipinski definition) is 6. The summed E-state index contributed by atoms with van der Waals surface area (Å²) in [6, 6.07) is 6.76. The summed E-state index contributed by atoms with van der Waals surface area (Å²) in [5, 5.41) is 3.99. The standard InChI is InChI=1S/C20H22N4O4/c1-13-16(14(2)28-22-13)12-23-7-9-24(10-8-23)20(26)15-5-6-17(21-19(15)25)18-4-3-11-27-18/h3-6,11H,7-10,12H2,1-2H3,(H,21,25). The van der Waals surface area contributed by atoms with E-state index >= 15 is 0 Å². The molecule has 1 aliphatic rings. The van der Waals surface area contributed by atoms with E-state index in [1.807, 2.05) is 13.8 Å². The number of piperazine rings is 1. The largest absolute Gasteiger partial charge is 0.463 e. The molecule has 28 heavy (non-hydrogen) atoms. The number of nitrogens with one attached hydrogen (secondary N) is 1. The van der Waals surface area contributed by atoms with E-state index in [4.69, 9.17) is 8.94 Å². The van der Waals surface area contributed by atoms with Crippen LogP contribution in [0.25, 0.3) is 11.5 Å². The normalized spacial score (nSPS) is 15.1. The van der Waals surface area contributed by atoms with Gasteiger partial charge >= 0.3 is 0 Å². The minimum Gasteiger partial charge on any atom is -0.463 e. The number of pyridine rings is 1. The summed E-state index contributed by atoms with van der Waals surface area (Å²) in [7, 11) is 0. The first-order valence-corrected chi connectivity index (χ1v) is 9.23. The van der Waals surface area contributed by atoms with E-state index in [-0.39, 0.29) is 11.5 Å². The van der Waals surface area contributed by atoms with Crippen molar-refractivity contribution in [1.82, 2.24) is 19.9 Å². The van der Waals surface area contributed by atoms with Crippen LogP contribution in [-0.4, -0.2) is 52.0 Å². The molecule has 0 spiro atoms. The molecule has 1 saturated heterocycles. The lowest BCUT2D eigenvalue weighted by Crippen LogP contribution is -2.49. The number of amides is 1. The highest BCUT2D eigenvalue weighted by atomic mass is 16.5. The van der Waals surface area contributed by atoms with Crippen LogP contribution in [0.4, 0.5) is 0 Å². The number of carbonyl (C=O) groups is 1. The molecule has 8 nitrogen and oxygen atoms in total. The summed E-state index contributed by atoms with van der Waals surface area (Å²) in [5.41, 5.74) is 2.30. The fraction of sp³-hybridized carbons (Fsp3) is 0.350. The van der Waals surface area contributed by atoms with Crippen molar-refractivity contribution < 1.29 is 13.7 Å². The van der Waals surface area contributed by atoms with Crippen molar-refractivity contribution in [2.75, 3.05) is 26.2 Å². The predicted octanol–water partition coefficient (Wildman–Crippen LogP) is 2.20. The van der Waals surface area contributed by atoms with E-state index in [9.17, 15) is 9.59 Å². The van der Waals surface area contributed by atoms with Gasteiger partial charge in [-0.05, 0) is 38.1 Å². The third-order valence-electron chi connectivity index (χ3n) is 5.15. The van der Waals surface area contributed by atoms with Crippen LogP contribution in [-0.2, 0) is 6.54 Å². The van der Waals surface area contributed by atoms with Crippen LogP contribution in [0.15, 0.2) is 44.3 Å². The molecule has 0 saturated carbocycles. The maximum Gasteiger partial charge on any atom is 0.261 e. The Morgan fingerprint density at radius 1 is 1.18 bits per heavy atom. The first-order valence-electron chi connectivity index (χ1n) is 9.23. The SMILES string of the molecule is Cc1noc(C)c1CN1CCN(C(=O)c2ccc(-c3ccco3)[nH]c2=O)CC1. The van der Waals surface area contributed by atoms with Gasteiger partial charge in [-0.15, -0.1) is 0 Å². The Hall–Kier alpha value is -3.13. The van der Waals surface area contributed by atoms with Crippen LogP contribution >= 0.6 is 0 Å². The fourth-order valence-corrected chi connectivity index (χ4v) is 3.45. The molecule has 4 heterocycles. The van der Waals surface area contributed by atoms with E-state index in [1.54, 1.807) is 29.2 Å². The zero-order chi connectivity index (χ0) is 19.7. The Balaban J connectivity index is 1.41. The molecule has 0 atom stereocenters. The maximum absolute atomic E-state index is 12.8. The van der Waals surface area contributed by atoms with Crippen molar-refractivity contribution >= 4 is 5.91 Å². The Labute approximate surface area is 161 Å². The van der Waals surface area contributed by atoms with E-state index in [0.29, 0.717) is 24.5 Å². The number of H-pyrrole nitrogens is 1. The Morgan fingerprint density at radius 2 is 1.96 bits per heavy atom. The number of rotatable bonds is 4. The summed E-state index contributed by atoms with van der Waals surface area (Å²) in [6.07, 6.45) is 1.54. The zero-order valence-electron chi connectivity index (χ0n) is 15.9. The monoisotopic (exact) mass is 382 g/mol. The van der Waals surface area contributed by atoms with Crippen molar-refractivity contribution in [2.24, 2.45) is 0 Å². The number of aromatic nitrogens is 2. The highest BCUT2D eigenvalue weighted by Crippen LogP contribution is 2.18. The van der Waals surface area contributed by atoms with Crippen LogP contribution in [0.1, 0.15) is 27.4 Å². The zero-order valence-corrected chi connectivity index (χ0v) is 15.9. The molecule has 4 rings (SSSR count). The van der Waals surface area contributed by atoms with Crippen molar-refractivity contribution in [2.45, 2.75) is 20.4 Å². The average molecular weight is 382 g/mol. The van der Waals surface area contributed by atoms with Gasteiger partial charge in [0.05, 0.1) is 17.7 Å². The number of furan rings is 1. The molecule has 1 fully saturated rings. The Morgan fingerprint density at radius 3 is 2.57 bits per heavy atom. The molecule has 0 unspecified atom stereocenters. The summed E-state index contributed by atoms with van der Waals surface area (Å²) >= 11 is 0. The van der Waals surface area contributed by atoms with Crippen molar-refractivity contribution in [3.63, 3.8) is 0 Å². The number of aryl methyl sites for hydroxylation is 2. The molecule has 1 amide bonds. The van der Waals surface area contributed by atoms with Gasteiger partial charge in [0.1, 0.15) is 17.1 Å². The van der Waals surface area contributed by atoms with Crippen molar-refractivity contribution in [1.29, 1.82) is 0 Å². The van der Waals surface area contributed by atoms with Crippen LogP contribution in [0, 0.1) is 13.8 Å². The van der Waals surface area contributed by atoms with Crippen LogP contribution < -0.4 is 5.56 Å². The summed E-state index contributed by atoms with van der Waals surface area (Å²) in [6.45, 7) is 7.21. The molecule has 146 valence electrons. The molecule has 1 aliphatic heterocycles. The van der Waals surface area contributed by atoms with E-state index < -0.39 is 5.56 Å². The fourth-order valence-electron chi connectivity index (χ4n) is 3.45. The average Bonchev–Trinajstić information content (AvgIpc) is 3.34. The summed E-state index contributed by atoms with van der Waals surface area (Å²) < 4.78 is 10.5. The van der Waals surface area contributed by atoms with Gasteiger partial charge in [0.2, 0.25) is 0 Å². The second-order valence-electron chi connectivity index (χ2n) is 6.96. The quantitative estimate of drug-likeness (QED) is 0.743. The van der Waals surface area contributed by atoms with Gasteiger partial charge in [0.15, 0.2) is 0 Å². The topological polar surface area (TPSA) is 95.6 Å². The molecule has 1 N–H and O–H groups in total. The Kier molecular flexibility index (Phi) is 4.87. The van der Waals surface area contributed by atoms with E-state index in [1.165, 1.54) is 6.26 Å². The second-order valence-corrected chi connectivity index (χ2v) is 6.96. The molecule has 0 radical (unpaired) electrons. The van der Waals surface area contributed by atoms with Gasteiger partial charge in [-0.1, -0.05) is 5.16 Å². The summed E-state index contributed by atoms with van der Waals surface area (Å²) in [4.78, 5) is 31.9. The maximum atomic E-state index is 12.8. The lowest BCUT2D eigenvalue weighted by molar-refractivity contribution is 0.0626. The first-order chi connectivity index (χ1) is 13.5. The van der Waals surface area contributed by atoms with Crippen molar-refractivity contribution in [3.05, 3.63) is 63.5 Å². The van der Waals surface area contributed by atoms with E-state index in [2.05, 4.69) is 15.0 Å². The minimum atomic E-state index is -0.406. The van der Waals surface area contributed by atoms with Gasteiger partial charge < -0.3 is 18.8 Å². The van der Waals surface area contributed by atoms with Crippen molar-refractivity contribution in [3.8, 4) is 11.5 Å². The lowest BCUT2D eigenvalue weighted by Gasteiger charge is -2.34. The van der Waals surface area contributed by atoms with Crippen LogP contribution in [0.2, 0.25) is 0 Å². The van der Waals surface area contributed by atoms with Crippen LogP contribution in [0.5, 0.6) is 0 Å². The van der Waals surface area contributed by atoms with Gasteiger partial charge in [-0.2, -0.15) is 0 Å². The molecule has 0 aliphatic carbocycles. The molecule has 3 aromatic rings. The Bertz CT molecular complexity index is 1010. The predicted molar refractivity (Wildman–Crippen MR) is 102 cm³/mol. The number of carbonyl (C=O) groups excluding carboxylic acids is 1. The number of aromatic amines is 1.